The van der Waals surface area contributed by atoms with Crippen molar-refractivity contribution in [2.75, 3.05) is 24.6 Å². The molecule has 1 saturated heterocycles. The summed E-state index contributed by atoms with van der Waals surface area (Å²) in [6, 6.07) is 3.72. The zero-order chi connectivity index (χ0) is 13.2. The van der Waals surface area contributed by atoms with Crippen LogP contribution in [0, 0.1) is 0 Å². The van der Waals surface area contributed by atoms with E-state index in [1.807, 2.05) is 23.2 Å². The number of anilines is 1. The Balaban J connectivity index is 1.84. The van der Waals surface area contributed by atoms with Gasteiger partial charge in [0, 0.05) is 18.8 Å². The van der Waals surface area contributed by atoms with Crippen LogP contribution in [0.1, 0.15) is 0 Å². The lowest BCUT2D eigenvalue weighted by atomic mass is 10.2. The highest BCUT2D eigenvalue weighted by Gasteiger charge is 2.24. The van der Waals surface area contributed by atoms with E-state index in [2.05, 4.69) is 15.2 Å². The molecule has 3 heterocycles. The van der Waals surface area contributed by atoms with Crippen LogP contribution in [0.4, 0.5) is 5.82 Å². The summed E-state index contributed by atoms with van der Waals surface area (Å²) < 4.78 is 7.15. The lowest BCUT2D eigenvalue weighted by Crippen LogP contribution is -2.48. The number of fused-ring (bicyclic) bond motifs is 1. The molecule has 1 atom stereocenters. The van der Waals surface area contributed by atoms with Crippen LogP contribution in [-0.4, -0.2) is 51.4 Å². The molecule has 2 aromatic rings. The van der Waals surface area contributed by atoms with Crippen LogP contribution in [0.25, 0.3) is 5.65 Å². The average molecular weight is 262 g/mol. The van der Waals surface area contributed by atoms with Gasteiger partial charge in [-0.05, 0) is 6.07 Å². The summed E-state index contributed by atoms with van der Waals surface area (Å²) in [6.45, 7) is 1.73. The fourth-order valence-electron chi connectivity index (χ4n) is 2.08. The molecule has 2 aromatic heterocycles. The minimum absolute atomic E-state index is 0.0788. The topological polar surface area (TPSA) is 101 Å². The third-order valence-electron chi connectivity index (χ3n) is 3.08. The Hall–Kier alpha value is -2.35. The molecule has 100 valence electrons. The van der Waals surface area contributed by atoms with Crippen molar-refractivity contribution < 1.29 is 9.94 Å². The van der Waals surface area contributed by atoms with Gasteiger partial charge in [0.1, 0.15) is 11.9 Å². The van der Waals surface area contributed by atoms with Crippen LogP contribution in [0.5, 0.6) is 0 Å². The second-order valence-corrected chi connectivity index (χ2v) is 4.25. The first-order valence-corrected chi connectivity index (χ1v) is 5.92. The van der Waals surface area contributed by atoms with E-state index in [-0.39, 0.29) is 5.84 Å². The van der Waals surface area contributed by atoms with Gasteiger partial charge < -0.3 is 20.6 Å². The highest BCUT2D eigenvalue weighted by molar-refractivity contribution is 5.85. The number of oxime groups is 1. The van der Waals surface area contributed by atoms with Gasteiger partial charge in [-0.2, -0.15) is 5.10 Å². The highest BCUT2D eigenvalue weighted by atomic mass is 16.5. The van der Waals surface area contributed by atoms with Crippen LogP contribution in [0.15, 0.2) is 29.7 Å². The Morgan fingerprint density at radius 1 is 1.53 bits per heavy atom. The monoisotopic (exact) mass is 262 g/mol. The van der Waals surface area contributed by atoms with Gasteiger partial charge in [0.15, 0.2) is 11.5 Å². The maximum Gasteiger partial charge on any atom is 0.170 e. The standard InChI is InChI=1S/C11H14N6O2/c12-11(15-18)8-7-16(5-6-19-8)9-2-4-17-10(14-9)1-3-13-17/h1-4,8,18H,5-7H2,(H2,12,15). The molecule has 1 aliphatic rings. The van der Waals surface area contributed by atoms with Crippen molar-refractivity contribution in [3.63, 3.8) is 0 Å². The number of aromatic nitrogens is 3. The van der Waals surface area contributed by atoms with Crippen molar-refractivity contribution in [1.29, 1.82) is 0 Å². The molecule has 0 saturated carbocycles. The summed E-state index contributed by atoms with van der Waals surface area (Å²) in [4.78, 5) is 6.55. The number of nitrogens with two attached hydrogens (primary N) is 1. The van der Waals surface area contributed by atoms with Crippen molar-refractivity contribution in [3.8, 4) is 0 Å². The Kier molecular flexibility index (Phi) is 2.92. The van der Waals surface area contributed by atoms with E-state index in [1.54, 1.807) is 10.7 Å². The normalized spacial score (nSPS) is 20.9. The van der Waals surface area contributed by atoms with Gasteiger partial charge in [0.05, 0.1) is 19.3 Å². The fraction of sp³-hybridized carbons (Fsp3) is 0.364. The number of amidine groups is 1. The second-order valence-electron chi connectivity index (χ2n) is 4.25. The van der Waals surface area contributed by atoms with E-state index in [1.165, 1.54) is 0 Å². The molecule has 3 rings (SSSR count). The van der Waals surface area contributed by atoms with E-state index >= 15 is 0 Å². The average Bonchev–Trinajstić information content (AvgIpc) is 2.94. The molecule has 1 unspecified atom stereocenters. The molecule has 0 aliphatic carbocycles. The van der Waals surface area contributed by atoms with Crippen molar-refractivity contribution in [3.05, 3.63) is 24.5 Å². The van der Waals surface area contributed by atoms with Crippen molar-refractivity contribution in [2.24, 2.45) is 10.9 Å². The zero-order valence-electron chi connectivity index (χ0n) is 10.2. The predicted octanol–water partition coefficient (Wildman–Crippen LogP) is -0.319. The smallest absolute Gasteiger partial charge is 0.170 e. The summed E-state index contributed by atoms with van der Waals surface area (Å²) in [5, 5.41) is 15.8. The van der Waals surface area contributed by atoms with Gasteiger partial charge in [-0.25, -0.2) is 9.50 Å². The molecular weight excluding hydrogens is 248 g/mol. The molecule has 0 radical (unpaired) electrons. The third-order valence-corrected chi connectivity index (χ3v) is 3.08. The SMILES string of the molecule is N/C(=N/O)C1CN(c2ccn3nccc3n2)CCO1. The zero-order valence-corrected chi connectivity index (χ0v) is 10.2. The lowest BCUT2D eigenvalue weighted by Gasteiger charge is -2.32. The fourth-order valence-corrected chi connectivity index (χ4v) is 2.08. The van der Waals surface area contributed by atoms with Crippen LogP contribution in [-0.2, 0) is 4.74 Å². The minimum Gasteiger partial charge on any atom is -0.409 e. The van der Waals surface area contributed by atoms with Gasteiger partial charge in [0.2, 0.25) is 0 Å². The molecule has 0 amide bonds. The molecule has 1 aliphatic heterocycles. The van der Waals surface area contributed by atoms with E-state index < -0.39 is 6.10 Å². The summed E-state index contributed by atoms with van der Waals surface area (Å²) in [7, 11) is 0. The summed E-state index contributed by atoms with van der Waals surface area (Å²) in [6.07, 6.45) is 3.14. The van der Waals surface area contributed by atoms with Crippen LogP contribution in [0.2, 0.25) is 0 Å². The first kappa shape index (κ1) is 11.7. The van der Waals surface area contributed by atoms with Gasteiger partial charge in [-0.15, -0.1) is 0 Å². The molecular formula is C11H14N6O2. The number of nitrogens with zero attached hydrogens (tertiary/aromatic N) is 5. The Morgan fingerprint density at radius 2 is 2.42 bits per heavy atom. The van der Waals surface area contributed by atoms with Crippen LogP contribution >= 0.6 is 0 Å². The number of hydrogen-bond acceptors (Lipinski definition) is 6. The Labute approximate surface area is 109 Å². The van der Waals surface area contributed by atoms with Crippen molar-refractivity contribution in [2.45, 2.75) is 6.10 Å². The minimum atomic E-state index is -0.415. The predicted molar refractivity (Wildman–Crippen MR) is 68.3 cm³/mol. The largest absolute Gasteiger partial charge is 0.409 e. The Bertz CT molecular complexity index is 610. The molecule has 0 spiro atoms. The molecule has 0 bridgehead atoms. The number of morpholine rings is 1. The van der Waals surface area contributed by atoms with Gasteiger partial charge in [-0.3, -0.25) is 0 Å². The maximum atomic E-state index is 8.69. The number of ether oxygens (including phenoxy) is 1. The van der Waals surface area contributed by atoms with E-state index in [0.29, 0.717) is 19.7 Å². The lowest BCUT2D eigenvalue weighted by molar-refractivity contribution is 0.0804. The maximum absolute atomic E-state index is 8.69. The molecule has 8 heteroatoms. The van der Waals surface area contributed by atoms with Crippen molar-refractivity contribution >= 4 is 17.3 Å². The first-order valence-electron chi connectivity index (χ1n) is 5.92. The summed E-state index contributed by atoms with van der Waals surface area (Å²) in [5.41, 5.74) is 6.36. The highest BCUT2D eigenvalue weighted by Crippen LogP contribution is 2.16. The quantitative estimate of drug-likeness (QED) is 0.333. The van der Waals surface area contributed by atoms with Crippen molar-refractivity contribution in [1.82, 2.24) is 14.6 Å². The number of rotatable bonds is 2. The molecule has 8 nitrogen and oxygen atoms in total. The second kappa shape index (κ2) is 4.73. The molecule has 19 heavy (non-hydrogen) atoms. The molecule has 3 N–H and O–H groups in total. The van der Waals surface area contributed by atoms with E-state index in [4.69, 9.17) is 15.7 Å². The van der Waals surface area contributed by atoms with Gasteiger partial charge >= 0.3 is 0 Å². The molecule has 1 fully saturated rings. The molecule has 0 aromatic carbocycles. The summed E-state index contributed by atoms with van der Waals surface area (Å²) in [5.74, 6) is 0.905. The van der Waals surface area contributed by atoms with E-state index in [0.717, 1.165) is 11.5 Å². The van der Waals surface area contributed by atoms with Gasteiger partial charge in [-0.1, -0.05) is 5.16 Å². The first-order chi connectivity index (χ1) is 9.28. The number of hydrogen-bond donors (Lipinski definition) is 2. The Morgan fingerprint density at radius 3 is 3.26 bits per heavy atom. The van der Waals surface area contributed by atoms with Gasteiger partial charge in [0.25, 0.3) is 0 Å². The van der Waals surface area contributed by atoms with Crippen LogP contribution < -0.4 is 10.6 Å². The summed E-state index contributed by atoms with van der Waals surface area (Å²) >= 11 is 0. The van der Waals surface area contributed by atoms with E-state index in [9.17, 15) is 0 Å². The third kappa shape index (κ3) is 2.17. The van der Waals surface area contributed by atoms with Crippen LogP contribution in [0.3, 0.4) is 0 Å².